The Kier molecular flexibility index (Phi) is 4.97. The molecular weight excluding hydrogens is 384 g/mol. The van der Waals surface area contributed by atoms with Gasteiger partial charge in [-0.15, -0.1) is 0 Å². The first-order chi connectivity index (χ1) is 14.5. The van der Waals surface area contributed by atoms with Gasteiger partial charge in [-0.1, -0.05) is 48.5 Å². The molecule has 0 radical (unpaired) electrons. The molecule has 2 heterocycles. The van der Waals surface area contributed by atoms with Crippen molar-refractivity contribution in [2.75, 3.05) is 12.0 Å². The van der Waals surface area contributed by atoms with Crippen molar-refractivity contribution in [1.82, 2.24) is 13.8 Å². The quantitative estimate of drug-likeness (QED) is 0.550. The molecule has 2 aromatic carbocycles. The number of nitrogens with zero attached hydrogens (tertiary/aromatic N) is 3. The van der Waals surface area contributed by atoms with Crippen molar-refractivity contribution in [1.29, 1.82) is 0 Å². The van der Waals surface area contributed by atoms with E-state index in [0.29, 0.717) is 22.3 Å². The highest BCUT2D eigenvalue weighted by Crippen LogP contribution is 2.26. The average molecular weight is 404 g/mol. The minimum atomic E-state index is -0.442. The monoisotopic (exact) mass is 404 g/mol. The Morgan fingerprint density at radius 1 is 0.933 bits per heavy atom. The molecule has 0 aliphatic rings. The van der Waals surface area contributed by atoms with E-state index in [9.17, 15) is 14.4 Å². The van der Waals surface area contributed by atoms with Gasteiger partial charge in [-0.2, -0.15) is 0 Å². The summed E-state index contributed by atoms with van der Waals surface area (Å²) in [6, 6.07) is 18.2. The van der Waals surface area contributed by atoms with Gasteiger partial charge in [0.15, 0.2) is 6.61 Å². The highest BCUT2D eigenvalue weighted by atomic mass is 16.5. The van der Waals surface area contributed by atoms with Crippen LogP contribution >= 0.6 is 0 Å². The summed E-state index contributed by atoms with van der Waals surface area (Å²) in [6.07, 6.45) is 1.57. The van der Waals surface area contributed by atoms with Gasteiger partial charge in [0.25, 0.3) is 11.5 Å². The van der Waals surface area contributed by atoms with Crippen LogP contribution in [0.2, 0.25) is 0 Å². The van der Waals surface area contributed by atoms with Crippen LogP contribution in [0.3, 0.4) is 0 Å². The first-order valence-corrected chi connectivity index (χ1v) is 9.31. The number of aryl methyl sites for hydroxylation is 1. The summed E-state index contributed by atoms with van der Waals surface area (Å²) < 4.78 is 9.40. The molecule has 8 heteroatoms. The number of nitrogens with one attached hydrogen (secondary N) is 1. The Bertz CT molecular complexity index is 1340. The highest BCUT2D eigenvalue weighted by molar-refractivity contribution is 5.96. The number of rotatable bonds is 5. The zero-order valence-electron chi connectivity index (χ0n) is 16.5. The van der Waals surface area contributed by atoms with E-state index in [2.05, 4.69) is 5.43 Å². The Morgan fingerprint density at radius 2 is 1.57 bits per heavy atom. The standard InChI is InChI=1S/C22H20N4O4/c1-24-17-13-26(23-18(27)14-30-16-11-7-4-8-12-16)20(15-9-5-3-6-10-15)19(17)21(28)25(2)22(24)29/h3-13H,14H2,1-2H3,(H,23,27). The Balaban J connectivity index is 1.78. The van der Waals surface area contributed by atoms with Gasteiger partial charge in [0.1, 0.15) is 5.75 Å². The Morgan fingerprint density at radius 3 is 2.23 bits per heavy atom. The first kappa shape index (κ1) is 19.3. The molecule has 0 spiro atoms. The number of benzene rings is 2. The van der Waals surface area contributed by atoms with Gasteiger partial charge in [-0.25, -0.2) is 4.79 Å². The summed E-state index contributed by atoms with van der Waals surface area (Å²) in [5.74, 6) is 0.169. The molecule has 152 valence electrons. The predicted molar refractivity (Wildman–Crippen MR) is 114 cm³/mol. The van der Waals surface area contributed by atoms with E-state index < -0.39 is 17.2 Å². The number of hydrogen-bond donors (Lipinski definition) is 1. The molecule has 4 rings (SSSR count). The maximum absolute atomic E-state index is 12.9. The lowest BCUT2D eigenvalue weighted by molar-refractivity contribution is -0.119. The van der Waals surface area contributed by atoms with Crippen molar-refractivity contribution in [3.05, 3.63) is 87.7 Å². The average Bonchev–Trinajstić information content (AvgIpc) is 3.15. The lowest BCUT2D eigenvalue weighted by Gasteiger charge is -2.12. The van der Waals surface area contributed by atoms with Crippen LogP contribution < -0.4 is 21.4 Å². The van der Waals surface area contributed by atoms with Crippen LogP contribution in [-0.4, -0.2) is 26.3 Å². The summed E-state index contributed by atoms with van der Waals surface area (Å²) >= 11 is 0. The number of amides is 1. The molecule has 1 N–H and O–H groups in total. The van der Waals surface area contributed by atoms with Crippen molar-refractivity contribution in [3.8, 4) is 17.0 Å². The Labute approximate surface area is 171 Å². The minimum absolute atomic E-state index is 0.205. The predicted octanol–water partition coefficient (Wildman–Crippen LogP) is 1.85. The summed E-state index contributed by atoms with van der Waals surface area (Å²) in [6.45, 7) is -0.205. The molecule has 8 nitrogen and oxygen atoms in total. The number of carbonyl (C=O) groups is 1. The lowest BCUT2D eigenvalue weighted by atomic mass is 10.1. The molecule has 4 aromatic rings. The smallest absolute Gasteiger partial charge is 0.330 e. The van der Waals surface area contributed by atoms with Crippen LogP contribution in [-0.2, 0) is 18.9 Å². The normalized spacial score (nSPS) is 10.9. The van der Waals surface area contributed by atoms with Crippen LogP contribution in [0.1, 0.15) is 0 Å². The van der Waals surface area contributed by atoms with Gasteiger partial charge in [0.2, 0.25) is 0 Å². The first-order valence-electron chi connectivity index (χ1n) is 9.31. The van der Waals surface area contributed by atoms with Crippen molar-refractivity contribution in [3.63, 3.8) is 0 Å². The van der Waals surface area contributed by atoms with E-state index in [1.54, 1.807) is 25.4 Å². The van der Waals surface area contributed by atoms with Crippen molar-refractivity contribution in [2.45, 2.75) is 0 Å². The number of ether oxygens (including phenoxy) is 1. The maximum Gasteiger partial charge on any atom is 0.330 e. The van der Waals surface area contributed by atoms with Gasteiger partial charge in [-0.05, 0) is 12.1 Å². The fourth-order valence-corrected chi connectivity index (χ4v) is 3.34. The van der Waals surface area contributed by atoms with Crippen LogP contribution in [0.25, 0.3) is 22.2 Å². The third kappa shape index (κ3) is 3.39. The van der Waals surface area contributed by atoms with Crippen LogP contribution in [0.5, 0.6) is 5.75 Å². The van der Waals surface area contributed by atoms with Gasteiger partial charge in [0.05, 0.1) is 22.8 Å². The van der Waals surface area contributed by atoms with Crippen molar-refractivity contribution < 1.29 is 9.53 Å². The second kappa shape index (κ2) is 7.75. The third-order valence-electron chi connectivity index (χ3n) is 4.84. The van der Waals surface area contributed by atoms with Crippen molar-refractivity contribution in [2.24, 2.45) is 14.1 Å². The maximum atomic E-state index is 12.9. The molecule has 0 aliphatic heterocycles. The van der Waals surface area contributed by atoms with Crippen LogP contribution in [0.15, 0.2) is 76.4 Å². The zero-order valence-corrected chi connectivity index (χ0v) is 16.5. The second-order valence-electron chi connectivity index (χ2n) is 6.82. The van der Waals surface area contributed by atoms with Crippen LogP contribution in [0.4, 0.5) is 0 Å². The topological polar surface area (TPSA) is 87.3 Å². The van der Waals surface area contributed by atoms with E-state index in [4.69, 9.17) is 4.74 Å². The summed E-state index contributed by atoms with van der Waals surface area (Å²) in [7, 11) is 3.02. The minimum Gasteiger partial charge on any atom is -0.484 e. The molecule has 30 heavy (non-hydrogen) atoms. The zero-order chi connectivity index (χ0) is 21.3. The summed E-state index contributed by atoms with van der Waals surface area (Å²) in [4.78, 5) is 37.8. The molecular formula is C22H20N4O4. The molecule has 0 saturated carbocycles. The van der Waals surface area contributed by atoms with E-state index in [1.165, 1.54) is 16.3 Å². The van der Waals surface area contributed by atoms with Gasteiger partial charge < -0.3 is 4.74 Å². The molecule has 0 aliphatic carbocycles. The van der Waals surface area contributed by atoms with E-state index in [-0.39, 0.29) is 6.61 Å². The molecule has 0 bridgehead atoms. The third-order valence-corrected chi connectivity index (χ3v) is 4.84. The van der Waals surface area contributed by atoms with Crippen molar-refractivity contribution >= 4 is 16.8 Å². The Hall–Kier alpha value is -4.07. The van der Waals surface area contributed by atoms with Gasteiger partial charge in [0, 0.05) is 19.7 Å². The van der Waals surface area contributed by atoms with Gasteiger partial charge in [-0.3, -0.25) is 28.8 Å². The molecule has 1 amide bonds. The fraction of sp³-hybridized carbons (Fsp3) is 0.136. The fourth-order valence-electron chi connectivity index (χ4n) is 3.34. The number of fused-ring (bicyclic) bond motifs is 1. The lowest BCUT2D eigenvalue weighted by Crippen LogP contribution is -2.36. The second-order valence-corrected chi connectivity index (χ2v) is 6.82. The molecule has 0 unspecified atom stereocenters. The number of para-hydroxylation sites is 1. The van der Waals surface area contributed by atoms with E-state index in [1.807, 2.05) is 48.5 Å². The number of aromatic nitrogens is 3. The van der Waals surface area contributed by atoms with Crippen LogP contribution in [0, 0.1) is 0 Å². The summed E-state index contributed by atoms with van der Waals surface area (Å²) in [5.41, 5.74) is 3.53. The summed E-state index contributed by atoms with van der Waals surface area (Å²) in [5, 5.41) is 0.343. The molecule has 2 aromatic heterocycles. The SMILES string of the molecule is Cn1c(=O)c2c(-c3ccccc3)n(NC(=O)COc3ccccc3)cc2n(C)c1=O. The number of carbonyl (C=O) groups excluding carboxylic acids is 1. The number of hydrogen-bond acceptors (Lipinski definition) is 4. The van der Waals surface area contributed by atoms with Gasteiger partial charge >= 0.3 is 5.69 Å². The largest absolute Gasteiger partial charge is 0.484 e. The molecule has 0 saturated heterocycles. The van der Waals surface area contributed by atoms with E-state index >= 15 is 0 Å². The van der Waals surface area contributed by atoms with E-state index in [0.717, 1.165) is 10.1 Å². The molecule has 0 fully saturated rings. The molecule has 0 atom stereocenters. The highest BCUT2D eigenvalue weighted by Gasteiger charge is 2.20.